The molecule has 7 heteroatoms. The first-order valence-electron chi connectivity index (χ1n) is 7.56. The lowest BCUT2D eigenvalue weighted by atomic mass is 10.0. The van der Waals surface area contributed by atoms with Crippen LogP contribution in [0.4, 0.5) is 0 Å². The molecule has 0 bridgehead atoms. The van der Waals surface area contributed by atoms with Gasteiger partial charge < -0.3 is 9.94 Å². The molecule has 0 saturated heterocycles. The number of amides is 1. The Morgan fingerprint density at radius 2 is 1.88 bits per heavy atom. The maximum absolute atomic E-state index is 12.1. The standard InChI is InChI=1S/C18H15N3O4/c1-11(12-6-3-2-4-7-12)18(24)25-21-17(23)15-16(22)14-13(10-20-15)8-5-9-19-14/h2-11,22H,1H3,(H,21,23)/t11-/m1/s1. The van der Waals surface area contributed by atoms with Gasteiger partial charge in [-0.05, 0) is 24.6 Å². The SMILES string of the molecule is C[C@@H](C(=O)ONC(=O)c1ncc2cccnc2c1O)c1ccccc1. The molecule has 1 amide bonds. The van der Waals surface area contributed by atoms with Crippen molar-refractivity contribution < 1.29 is 19.5 Å². The molecule has 3 rings (SSSR count). The average molecular weight is 337 g/mol. The summed E-state index contributed by atoms with van der Waals surface area (Å²) in [6.07, 6.45) is 2.90. The second-order valence-corrected chi connectivity index (χ2v) is 5.38. The summed E-state index contributed by atoms with van der Waals surface area (Å²) in [6.45, 7) is 1.67. The van der Waals surface area contributed by atoms with Crippen molar-refractivity contribution in [1.29, 1.82) is 0 Å². The quantitative estimate of drug-likeness (QED) is 0.711. The molecule has 2 N–H and O–H groups in total. The summed E-state index contributed by atoms with van der Waals surface area (Å²) < 4.78 is 0. The van der Waals surface area contributed by atoms with E-state index in [-0.39, 0.29) is 17.0 Å². The number of aromatic nitrogens is 2. The van der Waals surface area contributed by atoms with Gasteiger partial charge in [-0.2, -0.15) is 5.48 Å². The van der Waals surface area contributed by atoms with Crippen LogP contribution in [0.1, 0.15) is 28.9 Å². The zero-order valence-corrected chi connectivity index (χ0v) is 13.3. The van der Waals surface area contributed by atoms with E-state index in [2.05, 4.69) is 9.97 Å². The second-order valence-electron chi connectivity index (χ2n) is 5.38. The minimum absolute atomic E-state index is 0.242. The van der Waals surface area contributed by atoms with Crippen molar-refractivity contribution in [3.05, 3.63) is 66.1 Å². The summed E-state index contributed by atoms with van der Waals surface area (Å²) in [5.74, 6) is -2.39. The van der Waals surface area contributed by atoms with Crippen molar-refractivity contribution in [2.45, 2.75) is 12.8 Å². The normalized spacial score (nSPS) is 11.7. The Morgan fingerprint density at radius 3 is 2.64 bits per heavy atom. The Bertz CT molecular complexity index is 928. The molecule has 0 aliphatic heterocycles. The number of carbonyl (C=O) groups excluding carboxylic acids is 2. The Labute approximate surface area is 143 Å². The molecule has 0 fully saturated rings. The number of nitrogens with zero attached hydrogens (tertiary/aromatic N) is 2. The monoisotopic (exact) mass is 337 g/mol. The van der Waals surface area contributed by atoms with Crippen LogP contribution in [-0.4, -0.2) is 27.0 Å². The zero-order valence-electron chi connectivity index (χ0n) is 13.3. The smallest absolute Gasteiger partial charge is 0.339 e. The lowest BCUT2D eigenvalue weighted by molar-refractivity contribution is -0.150. The molecule has 126 valence electrons. The number of carbonyl (C=O) groups is 2. The molecule has 0 spiro atoms. The van der Waals surface area contributed by atoms with Gasteiger partial charge in [0, 0.05) is 17.8 Å². The average Bonchev–Trinajstić information content (AvgIpc) is 2.66. The lowest BCUT2D eigenvalue weighted by Gasteiger charge is -2.12. The Hall–Kier alpha value is -3.48. The molecule has 0 radical (unpaired) electrons. The van der Waals surface area contributed by atoms with Gasteiger partial charge in [-0.1, -0.05) is 30.3 Å². The van der Waals surface area contributed by atoms with Crippen LogP contribution < -0.4 is 5.48 Å². The minimum Gasteiger partial charge on any atom is -0.504 e. The molecule has 0 saturated carbocycles. The molecule has 3 aromatic rings. The molecule has 25 heavy (non-hydrogen) atoms. The highest BCUT2D eigenvalue weighted by atomic mass is 16.7. The number of fused-ring (bicyclic) bond motifs is 1. The van der Waals surface area contributed by atoms with E-state index in [1.54, 1.807) is 31.2 Å². The van der Waals surface area contributed by atoms with Crippen LogP contribution in [0.3, 0.4) is 0 Å². The van der Waals surface area contributed by atoms with Gasteiger partial charge in [0.25, 0.3) is 0 Å². The highest BCUT2D eigenvalue weighted by molar-refractivity contribution is 6.00. The molecule has 1 atom stereocenters. The Balaban J connectivity index is 1.71. The van der Waals surface area contributed by atoms with E-state index in [1.807, 2.05) is 23.7 Å². The van der Waals surface area contributed by atoms with Gasteiger partial charge in [-0.3, -0.25) is 9.78 Å². The summed E-state index contributed by atoms with van der Waals surface area (Å²) in [4.78, 5) is 36.9. The molecule has 7 nitrogen and oxygen atoms in total. The molecule has 0 aliphatic rings. The maximum atomic E-state index is 12.1. The lowest BCUT2D eigenvalue weighted by Crippen LogP contribution is -2.29. The Morgan fingerprint density at radius 1 is 1.12 bits per heavy atom. The number of hydrogen-bond donors (Lipinski definition) is 2. The van der Waals surface area contributed by atoms with Crippen LogP contribution in [0.25, 0.3) is 10.9 Å². The fourth-order valence-corrected chi connectivity index (χ4v) is 2.30. The number of nitrogens with one attached hydrogen (secondary N) is 1. The van der Waals surface area contributed by atoms with Gasteiger partial charge in [0.1, 0.15) is 5.52 Å². The molecule has 1 aromatic carbocycles. The van der Waals surface area contributed by atoms with Gasteiger partial charge in [-0.15, -0.1) is 0 Å². The highest BCUT2D eigenvalue weighted by Gasteiger charge is 2.21. The first kappa shape index (κ1) is 16.4. The van der Waals surface area contributed by atoms with Crippen molar-refractivity contribution in [3.8, 4) is 5.75 Å². The van der Waals surface area contributed by atoms with Crippen LogP contribution >= 0.6 is 0 Å². The van der Waals surface area contributed by atoms with E-state index < -0.39 is 17.8 Å². The number of pyridine rings is 2. The highest BCUT2D eigenvalue weighted by Crippen LogP contribution is 2.24. The van der Waals surface area contributed by atoms with Gasteiger partial charge in [0.2, 0.25) is 0 Å². The third-order valence-electron chi connectivity index (χ3n) is 3.73. The molecule has 0 aliphatic carbocycles. The fourth-order valence-electron chi connectivity index (χ4n) is 2.30. The van der Waals surface area contributed by atoms with Crippen molar-refractivity contribution in [2.75, 3.05) is 0 Å². The maximum Gasteiger partial charge on any atom is 0.339 e. The summed E-state index contributed by atoms with van der Waals surface area (Å²) in [7, 11) is 0. The van der Waals surface area contributed by atoms with E-state index in [1.165, 1.54) is 12.4 Å². The summed E-state index contributed by atoms with van der Waals surface area (Å²) in [5, 5.41) is 10.7. The van der Waals surface area contributed by atoms with E-state index in [0.717, 1.165) is 5.56 Å². The number of benzene rings is 1. The molecule has 2 heterocycles. The second kappa shape index (κ2) is 6.96. The zero-order chi connectivity index (χ0) is 17.8. The first-order valence-corrected chi connectivity index (χ1v) is 7.56. The van der Waals surface area contributed by atoms with Crippen molar-refractivity contribution in [3.63, 3.8) is 0 Å². The predicted octanol–water partition coefficient (Wildman–Crippen LogP) is 2.33. The molecule has 2 aromatic heterocycles. The number of rotatable bonds is 3. The van der Waals surface area contributed by atoms with Crippen LogP contribution in [0, 0.1) is 0 Å². The third-order valence-corrected chi connectivity index (χ3v) is 3.73. The van der Waals surface area contributed by atoms with Crippen molar-refractivity contribution >= 4 is 22.8 Å². The van der Waals surface area contributed by atoms with Crippen LogP contribution in [0.2, 0.25) is 0 Å². The topological polar surface area (TPSA) is 101 Å². The van der Waals surface area contributed by atoms with E-state index in [4.69, 9.17) is 4.84 Å². The summed E-state index contributed by atoms with van der Waals surface area (Å²) >= 11 is 0. The van der Waals surface area contributed by atoms with Crippen LogP contribution in [0.5, 0.6) is 5.75 Å². The number of hydrogen-bond acceptors (Lipinski definition) is 6. The van der Waals surface area contributed by atoms with E-state index >= 15 is 0 Å². The summed E-state index contributed by atoms with van der Waals surface area (Å²) in [5.41, 5.74) is 2.75. The predicted molar refractivity (Wildman–Crippen MR) is 89.6 cm³/mol. The molecular formula is C18H15N3O4. The van der Waals surface area contributed by atoms with Gasteiger partial charge in [0.15, 0.2) is 11.4 Å². The van der Waals surface area contributed by atoms with Gasteiger partial charge in [-0.25, -0.2) is 9.78 Å². The minimum atomic E-state index is -0.835. The van der Waals surface area contributed by atoms with E-state index in [9.17, 15) is 14.7 Å². The van der Waals surface area contributed by atoms with E-state index in [0.29, 0.717) is 5.39 Å². The third kappa shape index (κ3) is 3.40. The number of aromatic hydroxyl groups is 1. The Kier molecular flexibility index (Phi) is 4.56. The molecular weight excluding hydrogens is 322 g/mol. The number of hydroxylamine groups is 1. The van der Waals surface area contributed by atoms with Crippen LogP contribution in [-0.2, 0) is 9.63 Å². The van der Waals surface area contributed by atoms with Crippen molar-refractivity contribution in [1.82, 2.24) is 15.4 Å². The van der Waals surface area contributed by atoms with Crippen LogP contribution in [0.15, 0.2) is 54.9 Å². The molecule has 0 unspecified atom stereocenters. The fraction of sp³-hybridized carbons (Fsp3) is 0.111. The largest absolute Gasteiger partial charge is 0.504 e. The van der Waals surface area contributed by atoms with Crippen molar-refractivity contribution in [2.24, 2.45) is 0 Å². The van der Waals surface area contributed by atoms with Gasteiger partial charge >= 0.3 is 11.9 Å². The first-order chi connectivity index (χ1) is 12.1. The van der Waals surface area contributed by atoms with Gasteiger partial charge in [0.05, 0.1) is 5.92 Å². The summed E-state index contributed by atoms with van der Waals surface area (Å²) in [6, 6.07) is 12.4.